The lowest BCUT2D eigenvalue weighted by Crippen LogP contribution is -2.27. The highest BCUT2D eigenvalue weighted by molar-refractivity contribution is 5.60. The average Bonchev–Trinajstić information content (AvgIpc) is 2.85. The van der Waals surface area contributed by atoms with Gasteiger partial charge < -0.3 is 14.2 Å². The average molecular weight is 458 g/mol. The lowest BCUT2D eigenvalue weighted by atomic mass is 10.0. The molecular formula is C28H40FNO3. The van der Waals surface area contributed by atoms with Crippen LogP contribution in [0.1, 0.15) is 89.9 Å². The van der Waals surface area contributed by atoms with E-state index >= 15 is 0 Å². The van der Waals surface area contributed by atoms with Gasteiger partial charge in [0, 0.05) is 23.2 Å². The summed E-state index contributed by atoms with van der Waals surface area (Å²) in [5, 5.41) is 0. The van der Waals surface area contributed by atoms with Gasteiger partial charge in [0.05, 0.1) is 25.5 Å². The normalized spacial score (nSPS) is 18.4. The minimum absolute atomic E-state index is 0.302. The molecule has 2 heterocycles. The highest BCUT2D eigenvalue weighted by atomic mass is 19.1. The van der Waals surface area contributed by atoms with Gasteiger partial charge in [-0.15, -0.1) is 0 Å². The Kier molecular flexibility index (Phi) is 11.1. The van der Waals surface area contributed by atoms with Crippen LogP contribution in [0.25, 0.3) is 11.3 Å². The number of nitrogens with zero attached hydrogens (tertiary/aromatic N) is 1. The summed E-state index contributed by atoms with van der Waals surface area (Å²) < 4.78 is 32.0. The molecule has 1 aromatic heterocycles. The summed E-state index contributed by atoms with van der Waals surface area (Å²) in [5.41, 5.74) is 2.34. The molecule has 182 valence electrons. The number of halogens is 1. The van der Waals surface area contributed by atoms with E-state index < -0.39 is 0 Å². The zero-order valence-corrected chi connectivity index (χ0v) is 20.4. The molecule has 4 nitrogen and oxygen atoms in total. The predicted octanol–water partition coefficient (Wildman–Crippen LogP) is 7.87. The minimum Gasteiger partial charge on any atom is -0.491 e. The van der Waals surface area contributed by atoms with Gasteiger partial charge in [0.2, 0.25) is 0 Å². The third-order valence-corrected chi connectivity index (χ3v) is 6.22. The minimum atomic E-state index is -0.372. The second-order valence-corrected chi connectivity index (χ2v) is 9.10. The van der Waals surface area contributed by atoms with E-state index in [1.807, 2.05) is 18.2 Å². The maximum Gasteiger partial charge on any atom is 0.185 e. The number of hydrogen-bond donors (Lipinski definition) is 0. The Balaban J connectivity index is 1.46. The lowest BCUT2D eigenvalue weighted by Gasteiger charge is -2.29. The van der Waals surface area contributed by atoms with Gasteiger partial charge in [-0.25, -0.2) is 4.39 Å². The monoisotopic (exact) mass is 457 g/mol. The Bertz CT molecular complexity index is 803. The first-order chi connectivity index (χ1) is 16.2. The molecule has 0 atom stereocenters. The zero-order valence-electron chi connectivity index (χ0n) is 20.4. The molecule has 0 saturated carbocycles. The van der Waals surface area contributed by atoms with E-state index in [9.17, 15) is 4.39 Å². The molecule has 0 radical (unpaired) electrons. The molecule has 0 aliphatic carbocycles. The van der Waals surface area contributed by atoms with Crippen LogP contribution in [0.5, 0.6) is 5.75 Å². The van der Waals surface area contributed by atoms with E-state index in [1.54, 1.807) is 12.3 Å². The summed E-state index contributed by atoms with van der Waals surface area (Å²) in [6.07, 6.45) is 13.4. The molecule has 3 rings (SSSR count). The Morgan fingerprint density at radius 2 is 1.64 bits per heavy atom. The number of rotatable bonds is 14. The van der Waals surface area contributed by atoms with Gasteiger partial charge in [-0.05, 0) is 37.1 Å². The number of unbranched alkanes of at least 4 members (excludes halogenated alkanes) is 7. The van der Waals surface area contributed by atoms with Gasteiger partial charge >= 0.3 is 0 Å². The molecule has 33 heavy (non-hydrogen) atoms. The molecule has 1 aliphatic rings. The van der Waals surface area contributed by atoms with Crippen molar-refractivity contribution in [2.45, 2.75) is 84.3 Å². The molecule has 1 saturated heterocycles. The van der Waals surface area contributed by atoms with E-state index in [2.05, 4.69) is 18.8 Å². The fourth-order valence-electron chi connectivity index (χ4n) is 4.14. The van der Waals surface area contributed by atoms with Gasteiger partial charge in [0.25, 0.3) is 0 Å². The molecule has 1 aromatic carbocycles. The number of aromatic nitrogens is 1. The topological polar surface area (TPSA) is 40.6 Å². The van der Waals surface area contributed by atoms with Gasteiger partial charge in [0.15, 0.2) is 17.9 Å². The molecule has 1 fully saturated rings. The first kappa shape index (κ1) is 25.6. The van der Waals surface area contributed by atoms with Crippen molar-refractivity contribution < 1.29 is 18.6 Å². The van der Waals surface area contributed by atoms with Crippen LogP contribution in [-0.2, 0) is 9.47 Å². The van der Waals surface area contributed by atoms with Gasteiger partial charge in [0.1, 0.15) is 0 Å². The van der Waals surface area contributed by atoms with E-state index in [0.717, 1.165) is 43.6 Å². The number of pyridine rings is 1. The van der Waals surface area contributed by atoms with Crippen molar-refractivity contribution in [3.05, 3.63) is 47.9 Å². The largest absolute Gasteiger partial charge is 0.491 e. The summed E-state index contributed by atoms with van der Waals surface area (Å²) in [6, 6.07) is 8.87. The lowest BCUT2D eigenvalue weighted by molar-refractivity contribution is -0.206. The van der Waals surface area contributed by atoms with E-state index in [4.69, 9.17) is 14.2 Å². The Hall–Kier alpha value is -1.98. The van der Waals surface area contributed by atoms with Crippen molar-refractivity contribution in [2.75, 3.05) is 19.8 Å². The Morgan fingerprint density at radius 3 is 2.30 bits per heavy atom. The van der Waals surface area contributed by atoms with Crippen LogP contribution in [0, 0.1) is 11.7 Å². The zero-order chi connectivity index (χ0) is 23.3. The molecule has 0 bridgehead atoms. The molecule has 5 heteroatoms. The standard InChI is InChI=1S/C28H40FNO3/c1-3-5-7-9-10-12-22-20-32-28(33-21-22)24-13-15-26(30-19-24)23-14-16-27(25(29)18-23)31-17-11-8-6-4-2/h13-16,18-19,22,28H,3-12,17,20-21H2,1-2H3. The van der Waals surface area contributed by atoms with Crippen LogP contribution >= 0.6 is 0 Å². The van der Waals surface area contributed by atoms with Crippen molar-refractivity contribution in [2.24, 2.45) is 5.92 Å². The number of hydrogen-bond acceptors (Lipinski definition) is 4. The van der Waals surface area contributed by atoms with Gasteiger partial charge in [-0.2, -0.15) is 0 Å². The van der Waals surface area contributed by atoms with Crippen molar-refractivity contribution in [3.8, 4) is 17.0 Å². The summed E-state index contributed by atoms with van der Waals surface area (Å²) in [5.74, 6) is 0.426. The molecule has 0 amide bonds. The van der Waals surface area contributed by atoms with Crippen LogP contribution in [0.2, 0.25) is 0 Å². The Morgan fingerprint density at radius 1 is 0.909 bits per heavy atom. The van der Waals surface area contributed by atoms with Crippen molar-refractivity contribution >= 4 is 0 Å². The second kappa shape index (κ2) is 14.3. The summed E-state index contributed by atoms with van der Waals surface area (Å²) in [7, 11) is 0. The number of benzene rings is 1. The predicted molar refractivity (Wildman–Crippen MR) is 131 cm³/mol. The van der Waals surface area contributed by atoms with Crippen molar-refractivity contribution in [1.29, 1.82) is 0 Å². The highest BCUT2D eigenvalue weighted by Gasteiger charge is 2.23. The fourth-order valence-corrected chi connectivity index (χ4v) is 4.14. The van der Waals surface area contributed by atoms with Crippen LogP contribution in [0.3, 0.4) is 0 Å². The summed E-state index contributed by atoms with van der Waals surface area (Å²) in [6.45, 7) is 6.41. The maximum atomic E-state index is 14.5. The third-order valence-electron chi connectivity index (χ3n) is 6.22. The maximum absolute atomic E-state index is 14.5. The molecule has 2 aromatic rings. The van der Waals surface area contributed by atoms with E-state index in [1.165, 1.54) is 51.0 Å². The SMILES string of the molecule is CCCCCCCC1COC(c2ccc(-c3ccc(OCCCCCC)c(F)c3)nc2)OC1. The van der Waals surface area contributed by atoms with Crippen LogP contribution in [-0.4, -0.2) is 24.8 Å². The first-order valence-electron chi connectivity index (χ1n) is 12.8. The fraction of sp³-hybridized carbons (Fsp3) is 0.607. The van der Waals surface area contributed by atoms with Crippen LogP contribution < -0.4 is 4.74 Å². The van der Waals surface area contributed by atoms with E-state index in [-0.39, 0.29) is 12.1 Å². The first-order valence-corrected chi connectivity index (χ1v) is 12.8. The molecule has 0 N–H and O–H groups in total. The van der Waals surface area contributed by atoms with Crippen molar-refractivity contribution in [3.63, 3.8) is 0 Å². The van der Waals surface area contributed by atoms with Crippen molar-refractivity contribution in [1.82, 2.24) is 4.98 Å². The van der Waals surface area contributed by atoms with Crippen LogP contribution in [0.4, 0.5) is 4.39 Å². The number of ether oxygens (including phenoxy) is 3. The van der Waals surface area contributed by atoms with E-state index in [0.29, 0.717) is 24.0 Å². The third kappa shape index (κ3) is 8.38. The van der Waals surface area contributed by atoms with Crippen LogP contribution in [0.15, 0.2) is 36.5 Å². The molecule has 0 unspecified atom stereocenters. The molecule has 0 spiro atoms. The highest BCUT2D eigenvalue weighted by Crippen LogP contribution is 2.29. The molecular weight excluding hydrogens is 417 g/mol. The smallest absolute Gasteiger partial charge is 0.185 e. The summed E-state index contributed by atoms with van der Waals surface area (Å²) in [4.78, 5) is 4.52. The molecule has 1 aliphatic heterocycles. The van der Waals surface area contributed by atoms with Gasteiger partial charge in [-0.1, -0.05) is 71.3 Å². The Labute approximate surface area is 198 Å². The summed E-state index contributed by atoms with van der Waals surface area (Å²) >= 11 is 0. The quantitative estimate of drug-likeness (QED) is 0.271. The van der Waals surface area contributed by atoms with Gasteiger partial charge in [-0.3, -0.25) is 4.98 Å². The second-order valence-electron chi connectivity index (χ2n) is 9.10.